The fourth-order valence-electron chi connectivity index (χ4n) is 2.35. The second kappa shape index (κ2) is 9.84. The highest BCUT2D eigenvalue weighted by Crippen LogP contribution is 2.31. The predicted octanol–water partition coefficient (Wildman–Crippen LogP) is 4.48. The summed E-state index contributed by atoms with van der Waals surface area (Å²) in [4.78, 5) is 30.8. The number of pyridine rings is 1. The van der Waals surface area contributed by atoms with E-state index < -0.39 is 47.7 Å². The van der Waals surface area contributed by atoms with Gasteiger partial charge in [-0.25, -0.2) is 16.4 Å². The number of benzene rings is 1. The molecule has 0 bridgehead atoms. The molecule has 1 atom stereocenters. The van der Waals surface area contributed by atoms with E-state index in [0.717, 1.165) is 18.2 Å². The largest absolute Gasteiger partial charge is 0.460 e. The number of hydrogen-bond acceptors (Lipinski definition) is 6. The van der Waals surface area contributed by atoms with E-state index in [9.17, 15) is 31.5 Å². The van der Waals surface area contributed by atoms with Crippen LogP contribution in [0.1, 0.15) is 23.0 Å². The normalized spacial score (nSPS) is 12.1. The molecule has 1 aromatic heterocycles. The van der Waals surface area contributed by atoms with E-state index in [0.29, 0.717) is 6.07 Å². The number of ketones is 1. The van der Waals surface area contributed by atoms with Crippen LogP contribution in [0.4, 0.5) is 33.5 Å². The highest BCUT2D eigenvalue weighted by molar-refractivity contribution is 6.15. The van der Waals surface area contributed by atoms with Crippen LogP contribution in [-0.2, 0) is 15.7 Å². The Bertz CT molecular complexity index is 988. The first-order valence-electron chi connectivity index (χ1n) is 8.54. The zero-order valence-corrected chi connectivity index (χ0v) is 15.7. The van der Waals surface area contributed by atoms with Crippen molar-refractivity contribution in [1.82, 2.24) is 4.98 Å². The number of rotatable bonds is 8. The van der Waals surface area contributed by atoms with E-state index >= 15 is 0 Å². The van der Waals surface area contributed by atoms with Crippen LogP contribution in [0.5, 0.6) is 5.75 Å². The van der Waals surface area contributed by atoms with Crippen molar-refractivity contribution >= 4 is 23.3 Å². The molecule has 1 aromatic carbocycles. The van der Waals surface area contributed by atoms with Gasteiger partial charge >= 0.3 is 24.8 Å². The maximum absolute atomic E-state index is 13.1. The van der Waals surface area contributed by atoms with Crippen LogP contribution in [0, 0.1) is 6.57 Å². The molecule has 0 spiro atoms. The Morgan fingerprint density at radius 1 is 1.16 bits per heavy atom. The number of carbonyl (C=O) groups is 2. The standard InChI is InChI=1S/C19H14F5N3O4/c1-3-30-17(29)14(25-2)15(28)12-8-9-13(19(22,23)24)27-16(12)26-10-4-6-11(7-5-10)31-18(20)21/h4-9,14,18H,3H2,1H3,(H,26,27). The molecule has 31 heavy (non-hydrogen) atoms. The molecule has 1 N–H and O–H groups in total. The van der Waals surface area contributed by atoms with E-state index in [1.807, 2.05) is 0 Å². The molecule has 164 valence electrons. The van der Waals surface area contributed by atoms with Crippen LogP contribution >= 0.6 is 0 Å². The van der Waals surface area contributed by atoms with Crippen molar-refractivity contribution in [2.24, 2.45) is 0 Å². The lowest BCUT2D eigenvalue weighted by Crippen LogP contribution is -2.30. The highest BCUT2D eigenvalue weighted by atomic mass is 19.4. The third-order valence-corrected chi connectivity index (χ3v) is 3.68. The summed E-state index contributed by atoms with van der Waals surface area (Å²) in [5, 5.41) is 2.47. The van der Waals surface area contributed by atoms with Crippen LogP contribution in [0.15, 0.2) is 36.4 Å². The number of alkyl halides is 5. The number of esters is 1. The van der Waals surface area contributed by atoms with E-state index in [4.69, 9.17) is 6.57 Å². The molecule has 0 aliphatic rings. The minimum atomic E-state index is -4.84. The van der Waals surface area contributed by atoms with Crippen molar-refractivity contribution < 1.29 is 41.0 Å². The van der Waals surface area contributed by atoms with Crippen LogP contribution < -0.4 is 10.1 Å². The van der Waals surface area contributed by atoms with Crippen LogP contribution in [-0.4, -0.2) is 36.0 Å². The molecule has 0 radical (unpaired) electrons. The molecule has 0 saturated heterocycles. The van der Waals surface area contributed by atoms with Crippen molar-refractivity contribution in [3.8, 4) is 5.75 Å². The van der Waals surface area contributed by atoms with Crippen molar-refractivity contribution in [1.29, 1.82) is 0 Å². The number of nitrogens with one attached hydrogen (secondary N) is 1. The SMILES string of the molecule is [C-]#[N+]C(C(=O)OCC)C(=O)c1ccc(C(F)(F)F)nc1Nc1ccc(OC(F)F)cc1. The zero-order chi connectivity index (χ0) is 23.2. The van der Waals surface area contributed by atoms with E-state index in [1.165, 1.54) is 19.1 Å². The summed E-state index contributed by atoms with van der Waals surface area (Å²) in [7, 11) is 0. The van der Waals surface area contributed by atoms with Gasteiger partial charge in [0.25, 0.3) is 5.78 Å². The van der Waals surface area contributed by atoms with Crippen molar-refractivity contribution in [2.75, 3.05) is 11.9 Å². The van der Waals surface area contributed by atoms with Gasteiger partial charge in [0.05, 0.1) is 12.2 Å². The Balaban J connectivity index is 2.44. The highest BCUT2D eigenvalue weighted by Gasteiger charge is 2.38. The molecular formula is C19H14F5N3O4. The molecule has 2 rings (SSSR count). The van der Waals surface area contributed by atoms with Gasteiger partial charge in [0.1, 0.15) is 17.3 Å². The van der Waals surface area contributed by atoms with Gasteiger partial charge in [0.15, 0.2) is 0 Å². The molecular weight excluding hydrogens is 429 g/mol. The maximum Gasteiger partial charge on any atom is 0.433 e. The molecule has 1 heterocycles. The lowest BCUT2D eigenvalue weighted by molar-refractivity contribution is -0.143. The molecule has 2 aromatic rings. The maximum atomic E-state index is 13.1. The molecule has 12 heteroatoms. The average Bonchev–Trinajstić information content (AvgIpc) is 2.69. The van der Waals surface area contributed by atoms with Gasteiger partial charge in [-0.15, -0.1) is 0 Å². The number of halogens is 5. The minimum absolute atomic E-state index is 0.0815. The van der Waals surface area contributed by atoms with Gasteiger partial charge in [0.2, 0.25) is 0 Å². The molecule has 7 nitrogen and oxygen atoms in total. The number of Topliss-reactive ketones (excluding diaryl/α,β-unsaturated/α-hetero) is 1. The summed E-state index contributed by atoms with van der Waals surface area (Å²) in [6, 6.07) is 4.02. The van der Waals surface area contributed by atoms with E-state index in [1.54, 1.807) is 0 Å². The van der Waals surface area contributed by atoms with Crippen LogP contribution in [0.3, 0.4) is 0 Å². The minimum Gasteiger partial charge on any atom is -0.460 e. The Hall–Kier alpha value is -3.75. The third kappa shape index (κ3) is 6.11. The smallest absolute Gasteiger partial charge is 0.433 e. The summed E-state index contributed by atoms with van der Waals surface area (Å²) in [6.07, 6.45) is -4.84. The second-order valence-corrected chi connectivity index (χ2v) is 5.77. The monoisotopic (exact) mass is 443 g/mol. The molecule has 0 fully saturated rings. The summed E-state index contributed by atoms with van der Waals surface area (Å²) in [5.41, 5.74) is -1.72. The summed E-state index contributed by atoms with van der Waals surface area (Å²) in [5.74, 6) is -3.05. The van der Waals surface area contributed by atoms with Crippen LogP contribution in [0.25, 0.3) is 4.85 Å². The quantitative estimate of drug-likeness (QED) is 0.213. The van der Waals surface area contributed by atoms with Gasteiger partial charge in [-0.2, -0.15) is 22.0 Å². The summed E-state index contributed by atoms with van der Waals surface area (Å²) < 4.78 is 72.6. The van der Waals surface area contributed by atoms with Gasteiger partial charge in [-0.1, -0.05) is 0 Å². The van der Waals surface area contributed by atoms with E-state index in [-0.39, 0.29) is 18.0 Å². The Kier molecular flexibility index (Phi) is 7.47. The zero-order valence-electron chi connectivity index (χ0n) is 15.7. The Labute approximate surface area is 172 Å². The molecule has 0 amide bonds. The number of nitrogens with zero attached hydrogens (tertiary/aromatic N) is 2. The van der Waals surface area contributed by atoms with Gasteiger partial charge < -0.3 is 14.8 Å². The van der Waals surface area contributed by atoms with Crippen LogP contribution in [0.2, 0.25) is 0 Å². The molecule has 1 unspecified atom stereocenters. The summed E-state index contributed by atoms with van der Waals surface area (Å²) in [6.45, 7) is 5.35. The van der Waals surface area contributed by atoms with Crippen molar-refractivity contribution in [3.05, 3.63) is 59.1 Å². The lowest BCUT2D eigenvalue weighted by Gasteiger charge is -2.14. The first-order chi connectivity index (χ1) is 14.6. The van der Waals surface area contributed by atoms with E-state index in [2.05, 4.69) is 24.6 Å². The topological polar surface area (TPSA) is 81.9 Å². The Morgan fingerprint density at radius 3 is 2.32 bits per heavy atom. The molecule has 0 aliphatic carbocycles. The summed E-state index contributed by atoms with van der Waals surface area (Å²) >= 11 is 0. The van der Waals surface area contributed by atoms with Crippen molar-refractivity contribution in [2.45, 2.75) is 25.8 Å². The first-order valence-corrected chi connectivity index (χ1v) is 8.54. The predicted molar refractivity (Wildman–Crippen MR) is 96.9 cm³/mol. The fourth-order valence-corrected chi connectivity index (χ4v) is 2.35. The fraction of sp³-hybridized carbons (Fsp3) is 0.263. The number of aromatic nitrogens is 1. The number of ether oxygens (including phenoxy) is 2. The number of carbonyl (C=O) groups excluding carboxylic acids is 2. The Morgan fingerprint density at radius 2 is 1.81 bits per heavy atom. The molecule has 0 saturated carbocycles. The van der Waals surface area contributed by atoms with Gasteiger partial charge in [0, 0.05) is 5.69 Å². The first kappa shape index (κ1) is 23.5. The third-order valence-electron chi connectivity index (χ3n) is 3.68. The van der Waals surface area contributed by atoms with Gasteiger partial charge in [-0.05, 0) is 43.3 Å². The number of anilines is 2. The molecule has 0 aliphatic heterocycles. The lowest BCUT2D eigenvalue weighted by atomic mass is 10.0. The van der Waals surface area contributed by atoms with Gasteiger partial charge in [-0.3, -0.25) is 9.64 Å². The average molecular weight is 443 g/mol. The van der Waals surface area contributed by atoms with Crippen molar-refractivity contribution in [3.63, 3.8) is 0 Å². The second-order valence-electron chi connectivity index (χ2n) is 5.77. The number of hydrogen-bond donors (Lipinski definition) is 1.